The number of hydrogen-bond donors (Lipinski definition) is 2. The third-order valence-corrected chi connectivity index (χ3v) is 2.55. The van der Waals surface area contributed by atoms with Crippen molar-refractivity contribution >= 4 is 0 Å². The van der Waals surface area contributed by atoms with Crippen molar-refractivity contribution in [2.75, 3.05) is 6.61 Å². The molecule has 1 aliphatic rings. The Balaban J connectivity index is 2.20. The Labute approximate surface area is 89.9 Å². The van der Waals surface area contributed by atoms with Crippen LogP contribution in [0.4, 0.5) is 0 Å². The van der Waals surface area contributed by atoms with Gasteiger partial charge in [0.15, 0.2) is 0 Å². The average molecular weight is 204 g/mol. The minimum absolute atomic E-state index is 0.0218. The van der Waals surface area contributed by atoms with Crippen molar-refractivity contribution in [2.24, 2.45) is 5.84 Å². The van der Waals surface area contributed by atoms with E-state index in [2.05, 4.69) is 11.5 Å². The van der Waals surface area contributed by atoms with Crippen molar-refractivity contribution in [3.05, 3.63) is 47.7 Å². The molecule has 1 aromatic rings. The van der Waals surface area contributed by atoms with Crippen LogP contribution in [-0.2, 0) is 4.74 Å². The van der Waals surface area contributed by atoms with Crippen LogP contribution >= 0.6 is 0 Å². The summed E-state index contributed by atoms with van der Waals surface area (Å²) in [5.41, 5.74) is 3.93. The Morgan fingerprint density at radius 2 is 2.07 bits per heavy atom. The molecule has 2 rings (SSSR count). The van der Waals surface area contributed by atoms with E-state index in [1.165, 1.54) is 0 Å². The van der Waals surface area contributed by atoms with Crippen LogP contribution in [0.25, 0.3) is 0 Å². The molecule has 0 saturated carbocycles. The SMILES string of the molecule is NNC(C1=CCCCO1)c1ccccc1. The molecule has 0 radical (unpaired) electrons. The zero-order valence-corrected chi connectivity index (χ0v) is 8.65. The number of hydrazine groups is 1. The normalized spacial score (nSPS) is 17.8. The first kappa shape index (κ1) is 10.2. The largest absolute Gasteiger partial charge is 0.496 e. The van der Waals surface area contributed by atoms with Crippen LogP contribution in [0.15, 0.2) is 42.2 Å². The Morgan fingerprint density at radius 1 is 1.27 bits per heavy atom. The topological polar surface area (TPSA) is 47.3 Å². The average Bonchev–Trinajstić information content (AvgIpc) is 2.33. The molecule has 1 aromatic carbocycles. The molecule has 15 heavy (non-hydrogen) atoms. The fourth-order valence-corrected chi connectivity index (χ4v) is 1.77. The highest BCUT2D eigenvalue weighted by Crippen LogP contribution is 2.24. The second-order valence-electron chi connectivity index (χ2n) is 3.61. The molecule has 0 aliphatic carbocycles. The van der Waals surface area contributed by atoms with Crippen LogP contribution < -0.4 is 11.3 Å². The number of hydrogen-bond acceptors (Lipinski definition) is 3. The molecule has 0 spiro atoms. The molecule has 1 heterocycles. The summed E-state index contributed by atoms with van der Waals surface area (Å²) in [6, 6.07) is 10.1. The van der Waals surface area contributed by atoms with Gasteiger partial charge in [0, 0.05) is 0 Å². The zero-order valence-electron chi connectivity index (χ0n) is 8.65. The van der Waals surface area contributed by atoms with Crippen LogP contribution in [0.2, 0.25) is 0 Å². The fraction of sp³-hybridized carbons (Fsp3) is 0.333. The molecule has 0 aromatic heterocycles. The van der Waals surface area contributed by atoms with E-state index in [9.17, 15) is 0 Å². The van der Waals surface area contributed by atoms with E-state index < -0.39 is 0 Å². The summed E-state index contributed by atoms with van der Waals surface area (Å²) in [7, 11) is 0. The molecule has 80 valence electrons. The molecule has 0 saturated heterocycles. The van der Waals surface area contributed by atoms with E-state index in [1.807, 2.05) is 30.3 Å². The van der Waals surface area contributed by atoms with E-state index in [0.29, 0.717) is 0 Å². The van der Waals surface area contributed by atoms with Crippen LogP contribution in [-0.4, -0.2) is 6.61 Å². The minimum atomic E-state index is -0.0218. The maximum atomic E-state index is 5.60. The highest BCUT2D eigenvalue weighted by Gasteiger charge is 2.17. The van der Waals surface area contributed by atoms with Gasteiger partial charge in [0.25, 0.3) is 0 Å². The van der Waals surface area contributed by atoms with E-state index in [0.717, 1.165) is 30.8 Å². The van der Waals surface area contributed by atoms with E-state index in [4.69, 9.17) is 10.6 Å². The van der Waals surface area contributed by atoms with Gasteiger partial charge in [-0.3, -0.25) is 5.84 Å². The summed E-state index contributed by atoms with van der Waals surface area (Å²) in [6.07, 6.45) is 4.27. The van der Waals surface area contributed by atoms with Crippen LogP contribution in [0.1, 0.15) is 24.4 Å². The number of benzene rings is 1. The smallest absolute Gasteiger partial charge is 0.115 e. The molecular weight excluding hydrogens is 188 g/mol. The van der Waals surface area contributed by atoms with Gasteiger partial charge in [-0.05, 0) is 24.5 Å². The molecule has 3 heteroatoms. The van der Waals surface area contributed by atoms with Gasteiger partial charge in [-0.15, -0.1) is 0 Å². The number of nitrogens with two attached hydrogens (primary N) is 1. The lowest BCUT2D eigenvalue weighted by Gasteiger charge is -2.23. The standard InChI is InChI=1S/C12H16N2O/c13-14-12(10-6-2-1-3-7-10)11-8-4-5-9-15-11/h1-3,6-8,12,14H,4-5,9,13H2. The summed E-state index contributed by atoms with van der Waals surface area (Å²) in [5.74, 6) is 6.50. The summed E-state index contributed by atoms with van der Waals surface area (Å²) >= 11 is 0. The summed E-state index contributed by atoms with van der Waals surface area (Å²) in [5, 5.41) is 0. The van der Waals surface area contributed by atoms with E-state index in [-0.39, 0.29) is 6.04 Å². The molecule has 0 amide bonds. The van der Waals surface area contributed by atoms with Gasteiger partial charge in [0.05, 0.1) is 6.61 Å². The number of ether oxygens (including phenoxy) is 1. The van der Waals surface area contributed by atoms with E-state index in [1.54, 1.807) is 0 Å². The van der Waals surface area contributed by atoms with Crippen molar-refractivity contribution in [1.29, 1.82) is 0 Å². The van der Waals surface area contributed by atoms with Crippen molar-refractivity contribution in [1.82, 2.24) is 5.43 Å². The molecule has 3 nitrogen and oxygen atoms in total. The Morgan fingerprint density at radius 3 is 2.67 bits per heavy atom. The first-order chi connectivity index (χ1) is 7.42. The predicted molar refractivity (Wildman–Crippen MR) is 59.8 cm³/mol. The van der Waals surface area contributed by atoms with Crippen molar-refractivity contribution in [3.63, 3.8) is 0 Å². The second-order valence-corrected chi connectivity index (χ2v) is 3.61. The van der Waals surface area contributed by atoms with E-state index >= 15 is 0 Å². The third-order valence-electron chi connectivity index (χ3n) is 2.55. The predicted octanol–water partition coefficient (Wildman–Crippen LogP) is 1.89. The maximum Gasteiger partial charge on any atom is 0.115 e. The van der Waals surface area contributed by atoms with Gasteiger partial charge in [-0.2, -0.15) is 0 Å². The Kier molecular flexibility index (Phi) is 3.37. The maximum absolute atomic E-state index is 5.60. The lowest BCUT2D eigenvalue weighted by molar-refractivity contribution is 0.168. The number of nitrogens with one attached hydrogen (secondary N) is 1. The van der Waals surface area contributed by atoms with Crippen molar-refractivity contribution in [2.45, 2.75) is 18.9 Å². The van der Waals surface area contributed by atoms with Gasteiger partial charge in [0.1, 0.15) is 11.8 Å². The van der Waals surface area contributed by atoms with Gasteiger partial charge < -0.3 is 4.74 Å². The second kappa shape index (κ2) is 4.96. The van der Waals surface area contributed by atoms with Crippen molar-refractivity contribution in [3.8, 4) is 0 Å². The third kappa shape index (κ3) is 2.37. The molecule has 1 unspecified atom stereocenters. The zero-order chi connectivity index (χ0) is 10.5. The molecule has 3 N–H and O–H groups in total. The molecule has 0 bridgehead atoms. The highest BCUT2D eigenvalue weighted by molar-refractivity contribution is 5.25. The lowest BCUT2D eigenvalue weighted by Crippen LogP contribution is -2.31. The quantitative estimate of drug-likeness (QED) is 0.584. The Hall–Kier alpha value is -1.32. The minimum Gasteiger partial charge on any atom is -0.496 e. The first-order valence-electron chi connectivity index (χ1n) is 5.26. The lowest BCUT2D eigenvalue weighted by atomic mass is 10.0. The van der Waals surface area contributed by atoms with Crippen LogP contribution in [0.3, 0.4) is 0 Å². The van der Waals surface area contributed by atoms with Crippen molar-refractivity contribution < 1.29 is 4.74 Å². The number of rotatable bonds is 3. The molecule has 1 aliphatic heterocycles. The first-order valence-corrected chi connectivity index (χ1v) is 5.26. The summed E-state index contributed by atoms with van der Waals surface area (Å²) < 4.78 is 5.60. The van der Waals surface area contributed by atoms with Gasteiger partial charge in [-0.25, -0.2) is 5.43 Å². The van der Waals surface area contributed by atoms with Gasteiger partial charge in [-0.1, -0.05) is 30.3 Å². The van der Waals surface area contributed by atoms with Gasteiger partial charge >= 0.3 is 0 Å². The highest BCUT2D eigenvalue weighted by atomic mass is 16.5. The molecule has 0 fully saturated rings. The monoisotopic (exact) mass is 204 g/mol. The molecular formula is C12H16N2O. The van der Waals surface area contributed by atoms with Gasteiger partial charge in [0.2, 0.25) is 0 Å². The summed E-state index contributed by atoms with van der Waals surface area (Å²) in [6.45, 7) is 0.789. The Bertz CT molecular complexity index is 335. The number of allylic oxidation sites excluding steroid dienone is 1. The fourth-order valence-electron chi connectivity index (χ4n) is 1.77. The summed E-state index contributed by atoms with van der Waals surface area (Å²) in [4.78, 5) is 0. The van der Waals surface area contributed by atoms with Crippen LogP contribution in [0, 0.1) is 0 Å². The van der Waals surface area contributed by atoms with Crippen LogP contribution in [0.5, 0.6) is 0 Å². The molecule has 1 atom stereocenters.